The summed E-state index contributed by atoms with van der Waals surface area (Å²) in [4.78, 5) is 20.2. The molecule has 1 aliphatic rings. The number of aryl methyl sites for hydroxylation is 1. The molecule has 1 saturated carbocycles. The molecule has 0 bridgehead atoms. The maximum absolute atomic E-state index is 11.9. The van der Waals surface area contributed by atoms with Crippen molar-refractivity contribution >= 4 is 5.91 Å². The van der Waals surface area contributed by atoms with E-state index >= 15 is 0 Å². The summed E-state index contributed by atoms with van der Waals surface area (Å²) < 4.78 is 5.21. The minimum absolute atomic E-state index is 0.0658. The van der Waals surface area contributed by atoms with Crippen LogP contribution in [0.15, 0.2) is 29.0 Å². The molecular formula is C16H21N5O2. The van der Waals surface area contributed by atoms with E-state index in [1.807, 2.05) is 12.1 Å². The molecular weight excluding hydrogens is 294 g/mol. The van der Waals surface area contributed by atoms with Crippen molar-refractivity contribution in [2.45, 2.75) is 50.6 Å². The first-order chi connectivity index (χ1) is 11.2. The maximum Gasteiger partial charge on any atom is 0.226 e. The van der Waals surface area contributed by atoms with Crippen LogP contribution >= 0.6 is 0 Å². The zero-order chi connectivity index (χ0) is 16.1. The highest BCUT2D eigenvalue weighted by molar-refractivity contribution is 5.76. The predicted octanol–water partition coefficient (Wildman–Crippen LogP) is 1.45. The molecule has 2 atom stereocenters. The normalized spacial score (nSPS) is 20.6. The van der Waals surface area contributed by atoms with Crippen molar-refractivity contribution < 1.29 is 9.32 Å². The van der Waals surface area contributed by atoms with Crippen LogP contribution in [0.3, 0.4) is 0 Å². The third-order valence-electron chi connectivity index (χ3n) is 4.02. The van der Waals surface area contributed by atoms with Crippen LogP contribution in [-0.2, 0) is 11.2 Å². The van der Waals surface area contributed by atoms with Gasteiger partial charge in [0.15, 0.2) is 0 Å². The summed E-state index contributed by atoms with van der Waals surface area (Å²) in [6.45, 7) is 0. The third-order valence-corrected chi connectivity index (χ3v) is 4.02. The van der Waals surface area contributed by atoms with Crippen LogP contribution in [0.4, 0.5) is 0 Å². The number of carbonyl (C=O) groups is 1. The van der Waals surface area contributed by atoms with Gasteiger partial charge in [-0.05, 0) is 37.8 Å². The molecule has 23 heavy (non-hydrogen) atoms. The summed E-state index contributed by atoms with van der Waals surface area (Å²) >= 11 is 0. The van der Waals surface area contributed by atoms with Crippen molar-refractivity contribution in [1.82, 2.24) is 20.4 Å². The predicted molar refractivity (Wildman–Crippen MR) is 84.2 cm³/mol. The minimum Gasteiger partial charge on any atom is -0.353 e. The standard InChI is InChI=1S/C16H21N5O2/c17-12-6-7-13(9-12)19-14(22)4-1-5-15-20-16(21-23-15)11-3-2-8-18-10-11/h2-3,8,10,12-13H,1,4-7,9,17H2,(H,19,22)/t12-,13-/m0/s1. The van der Waals surface area contributed by atoms with E-state index < -0.39 is 0 Å². The Morgan fingerprint density at radius 3 is 3.09 bits per heavy atom. The smallest absolute Gasteiger partial charge is 0.226 e. The Kier molecular flexibility index (Phi) is 4.97. The maximum atomic E-state index is 11.9. The molecule has 3 rings (SSSR count). The van der Waals surface area contributed by atoms with E-state index in [0.29, 0.717) is 31.0 Å². The molecule has 2 aromatic heterocycles. The van der Waals surface area contributed by atoms with Crippen LogP contribution in [0, 0.1) is 0 Å². The van der Waals surface area contributed by atoms with Gasteiger partial charge in [-0.3, -0.25) is 9.78 Å². The number of hydrogen-bond donors (Lipinski definition) is 2. The van der Waals surface area contributed by atoms with Crippen molar-refractivity contribution in [3.05, 3.63) is 30.4 Å². The Bertz CT molecular complexity index is 643. The lowest BCUT2D eigenvalue weighted by Gasteiger charge is -2.11. The zero-order valence-corrected chi connectivity index (χ0v) is 12.9. The quantitative estimate of drug-likeness (QED) is 0.835. The topological polar surface area (TPSA) is 107 Å². The summed E-state index contributed by atoms with van der Waals surface area (Å²) in [7, 11) is 0. The molecule has 2 heterocycles. The molecule has 0 spiro atoms. The van der Waals surface area contributed by atoms with Gasteiger partial charge in [-0.15, -0.1) is 0 Å². The number of hydrogen-bond acceptors (Lipinski definition) is 6. The number of nitrogens with one attached hydrogen (secondary N) is 1. The van der Waals surface area contributed by atoms with Crippen molar-refractivity contribution in [1.29, 1.82) is 0 Å². The molecule has 0 radical (unpaired) electrons. The fraction of sp³-hybridized carbons (Fsp3) is 0.500. The van der Waals surface area contributed by atoms with Crippen molar-refractivity contribution in [3.63, 3.8) is 0 Å². The Balaban J connectivity index is 1.42. The summed E-state index contributed by atoms with van der Waals surface area (Å²) in [5, 5.41) is 6.97. The second-order valence-corrected chi connectivity index (χ2v) is 5.94. The highest BCUT2D eigenvalue weighted by Crippen LogP contribution is 2.17. The molecule has 7 nitrogen and oxygen atoms in total. The Hall–Kier alpha value is -2.28. The molecule has 0 unspecified atom stereocenters. The molecule has 0 aliphatic heterocycles. The lowest BCUT2D eigenvalue weighted by molar-refractivity contribution is -0.121. The van der Waals surface area contributed by atoms with Gasteiger partial charge in [-0.2, -0.15) is 4.98 Å². The molecule has 7 heteroatoms. The van der Waals surface area contributed by atoms with Gasteiger partial charge in [0, 0.05) is 42.9 Å². The van der Waals surface area contributed by atoms with Gasteiger partial charge in [0.2, 0.25) is 17.6 Å². The molecule has 0 aromatic carbocycles. The largest absolute Gasteiger partial charge is 0.353 e. The number of carbonyl (C=O) groups excluding carboxylic acids is 1. The van der Waals surface area contributed by atoms with E-state index in [0.717, 1.165) is 24.8 Å². The number of rotatable bonds is 6. The van der Waals surface area contributed by atoms with Crippen LogP contribution in [0.25, 0.3) is 11.4 Å². The van der Waals surface area contributed by atoms with E-state index in [2.05, 4.69) is 20.4 Å². The van der Waals surface area contributed by atoms with E-state index in [1.54, 1.807) is 12.4 Å². The highest BCUT2D eigenvalue weighted by atomic mass is 16.5. The van der Waals surface area contributed by atoms with Crippen LogP contribution in [-0.4, -0.2) is 33.1 Å². The van der Waals surface area contributed by atoms with Crippen molar-refractivity contribution in [2.75, 3.05) is 0 Å². The van der Waals surface area contributed by atoms with Gasteiger partial charge in [0.1, 0.15) is 0 Å². The SMILES string of the molecule is N[C@H]1CC[C@H](NC(=O)CCCc2nc(-c3cccnc3)no2)C1. The molecule has 122 valence electrons. The molecule has 2 aromatic rings. The van der Waals surface area contributed by atoms with Gasteiger partial charge < -0.3 is 15.6 Å². The van der Waals surface area contributed by atoms with Crippen LogP contribution in [0.2, 0.25) is 0 Å². The fourth-order valence-electron chi connectivity index (χ4n) is 2.82. The molecule has 0 saturated heterocycles. The van der Waals surface area contributed by atoms with E-state index in [1.165, 1.54) is 0 Å². The fourth-order valence-corrected chi connectivity index (χ4v) is 2.82. The van der Waals surface area contributed by atoms with Crippen molar-refractivity contribution in [2.24, 2.45) is 5.73 Å². The Morgan fingerprint density at radius 2 is 2.35 bits per heavy atom. The van der Waals surface area contributed by atoms with Gasteiger partial charge >= 0.3 is 0 Å². The number of nitrogens with two attached hydrogens (primary N) is 1. The second kappa shape index (κ2) is 7.32. The van der Waals surface area contributed by atoms with Crippen molar-refractivity contribution in [3.8, 4) is 11.4 Å². The summed E-state index contributed by atoms with van der Waals surface area (Å²) in [5.41, 5.74) is 6.66. The number of aromatic nitrogens is 3. The van der Waals surface area contributed by atoms with E-state index in [4.69, 9.17) is 10.3 Å². The van der Waals surface area contributed by atoms with Gasteiger partial charge in [0.05, 0.1) is 0 Å². The molecule has 3 N–H and O–H groups in total. The number of amides is 1. The second-order valence-electron chi connectivity index (χ2n) is 5.94. The third kappa shape index (κ3) is 4.35. The Labute approximate surface area is 134 Å². The monoisotopic (exact) mass is 315 g/mol. The lowest BCUT2D eigenvalue weighted by atomic mass is 10.2. The first kappa shape index (κ1) is 15.6. The zero-order valence-electron chi connectivity index (χ0n) is 12.9. The summed E-state index contributed by atoms with van der Waals surface area (Å²) in [6.07, 6.45) is 7.95. The molecule has 1 fully saturated rings. The van der Waals surface area contributed by atoms with Gasteiger partial charge in [-0.1, -0.05) is 5.16 Å². The first-order valence-electron chi connectivity index (χ1n) is 7.98. The van der Waals surface area contributed by atoms with Gasteiger partial charge in [0.25, 0.3) is 0 Å². The van der Waals surface area contributed by atoms with Gasteiger partial charge in [-0.25, -0.2) is 0 Å². The molecule has 1 amide bonds. The Morgan fingerprint density at radius 1 is 1.43 bits per heavy atom. The van der Waals surface area contributed by atoms with E-state index in [9.17, 15) is 4.79 Å². The average molecular weight is 315 g/mol. The highest BCUT2D eigenvalue weighted by Gasteiger charge is 2.22. The summed E-state index contributed by atoms with van der Waals surface area (Å²) in [5.74, 6) is 1.13. The minimum atomic E-state index is 0.0658. The van der Waals surface area contributed by atoms with Crippen LogP contribution in [0.1, 0.15) is 38.0 Å². The summed E-state index contributed by atoms with van der Waals surface area (Å²) in [6, 6.07) is 4.16. The van der Waals surface area contributed by atoms with Crippen LogP contribution < -0.4 is 11.1 Å². The molecule has 1 aliphatic carbocycles. The number of nitrogens with zero attached hydrogens (tertiary/aromatic N) is 3. The van der Waals surface area contributed by atoms with E-state index in [-0.39, 0.29) is 18.0 Å². The lowest BCUT2D eigenvalue weighted by Crippen LogP contribution is -2.33. The average Bonchev–Trinajstić information content (AvgIpc) is 3.17. The van der Waals surface area contributed by atoms with Crippen LogP contribution in [0.5, 0.6) is 0 Å². The first-order valence-corrected chi connectivity index (χ1v) is 7.98. The number of pyridine rings is 1.